The zero-order valence-electron chi connectivity index (χ0n) is 11.5. The van der Waals surface area contributed by atoms with Crippen LogP contribution < -0.4 is 5.73 Å². The largest absolute Gasteiger partial charge is 0.460 e. The van der Waals surface area contributed by atoms with Crippen molar-refractivity contribution in [2.75, 3.05) is 0 Å². The molecular weight excluding hydrogens is 226 g/mol. The average Bonchev–Trinajstić information content (AvgIpc) is 2.25. The van der Waals surface area contributed by atoms with E-state index in [9.17, 15) is 4.79 Å². The first kappa shape index (κ1) is 14.7. The average molecular weight is 249 g/mol. The van der Waals surface area contributed by atoms with Gasteiger partial charge >= 0.3 is 5.97 Å². The second-order valence-corrected chi connectivity index (χ2v) is 5.57. The minimum Gasteiger partial charge on any atom is -0.460 e. The van der Waals surface area contributed by atoms with Gasteiger partial charge in [0.25, 0.3) is 0 Å². The molecule has 0 aliphatic carbocycles. The molecular formula is C15H23NO2. The summed E-state index contributed by atoms with van der Waals surface area (Å²) < 4.78 is 5.24. The molecule has 100 valence electrons. The Morgan fingerprint density at radius 1 is 1.28 bits per heavy atom. The Kier molecular flexibility index (Phi) is 5.35. The number of aryl methyl sites for hydroxylation is 1. The summed E-state index contributed by atoms with van der Waals surface area (Å²) in [5.41, 5.74) is 6.75. The molecule has 0 fully saturated rings. The molecule has 1 unspecified atom stereocenters. The first-order valence-corrected chi connectivity index (χ1v) is 6.38. The quantitative estimate of drug-likeness (QED) is 0.816. The molecule has 0 saturated heterocycles. The molecule has 0 aliphatic rings. The number of hydrogen-bond acceptors (Lipinski definition) is 3. The second-order valence-electron chi connectivity index (χ2n) is 5.57. The van der Waals surface area contributed by atoms with E-state index in [4.69, 9.17) is 10.5 Å². The number of hydrogen-bond donors (Lipinski definition) is 1. The van der Waals surface area contributed by atoms with E-state index in [0.717, 1.165) is 12.8 Å². The van der Waals surface area contributed by atoms with E-state index in [2.05, 4.69) is 12.1 Å². The molecule has 2 N–H and O–H groups in total. The number of carbonyl (C=O) groups excluding carboxylic acids is 1. The Balaban J connectivity index is 2.29. The summed E-state index contributed by atoms with van der Waals surface area (Å²) in [5, 5.41) is 0. The maximum absolute atomic E-state index is 11.6. The lowest BCUT2D eigenvalue weighted by Crippen LogP contribution is -2.30. The van der Waals surface area contributed by atoms with Crippen LogP contribution in [-0.4, -0.2) is 17.6 Å². The molecule has 0 aliphatic heterocycles. The smallest absolute Gasteiger partial charge is 0.307 e. The van der Waals surface area contributed by atoms with Crippen LogP contribution >= 0.6 is 0 Å². The molecule has 0 saturated carbocycles. The van der Waals surface area contributed by atoms with Gasteiger partial charge in [0.05, 0.1) is 6.42 Å². The number of ether oxygens (including phenoxy) is 1. The van der Waals surface area contributed by atoms with Gasteiger partial charge < -0.3 is 10.5 Å². The highest BCUT2D eigenvalue weighted by molar-refractivity contribution is 5.70. The first-order valence-electron chi connectivity index (χ1n) is 6.38. The Morgan fingerprint density at radius 2 is 1.89 bits per heavy atom. The SMILES string of the molecule is CC(C)(C)OC(=O)CC(N)CCc1ccccc1. The van der Waals surface area contributed by atoms with Gasteiger partial charge in [-0.05, 0) is 39.2 Å². The highest BCUT2D eigenvalue weighted by atomic mass is 16.6. The van der Waals surface area contributed by atoms with E-state index in [0.29, 0.717) is 0 Å². The van der Waals surface area contributed by atoms with Gasteiger partial charge in [0, 0.05) is 6.04 Å². The van der Waals surface area contributed by atoms with E-state index in [-0.39, 0.29) is 18.4 Å². The predicted molar refractivity (Wildman–Crippen MR) is 73.2 cm³/mol. The Labute approximate surface area is 109 Å². The Hall–Kier alpha value is -1.35. The zero-order chi connectivity index (χ0) is 13.6. The van der Waals surface area contributed by atoms with Gasteiger partial charge in [-0.25, -0.2) is 0 Å². The maximum Gasteiger partial charge on any atom is 0.307 e. The van der Waals surface area contributed by atoms with Crippen LogP contribution in [0.3, 0.4) is 0 Å². The van der Waals surface area contributed by atoms with Crippen LogP contribution in [-0.2, 0) is 16.0 Å². The Morgan fingerprint density at radius 3 is 2.44 bits per heavy atom. The van der Waals surface area contributed by atoms with Crippen LogP contribution in [0.4, 0.5) is 0 Å². The summed E-state index contributed by atoms with van der Waals surface area (Å²) in [5.74, 6) is -0.219. The van der Waals surface area contributed by atoms with Crippen molar-refractivity contribution in [3.05, 3.63) is 35.9 Å². The maximum atomic E-state index is 11.6. The summed E-state index contributed by atoms with van der Waals surface area (Å²) in [4.78, 5) is 11.6. The summed E-state index contributed by atoms with van der Waals surface area (Å²) in [6.45, 7) is 5.58. The highest BCUT2D eigenvalue weighted by Gasteiger charge is 2.18. The van der Waals surface area contributed by atoms with Gasteiger partial charge in [0.2, 0.25) is 0 Å². The normalized spacial score (nSPS) is 13.1. The Bertz CT molecular complexity index is 368. The molecule has 1 aromatic carbocycles. The fraction of sp³-hybridized carbons (Fsp3) is 0.533. The van der Waals surface area contributed by atoms with Crippen molar-refractivity contribution in [1.82, 2.24) is 0 Å². The zero-order valence-corrected chi connectivity index (χ0v) is 11.5. The fourth-order valence-corrected chi connectivity index (χ4v) is 1.70. The van der Waals surface area contributed by atoms with Crippen LogP contribution in [0.2, 0.25) is 0 Å². The van der Waals surface area contributed by atoms with Gasteiger partial charge in [-0.3, -0.25) is 4.79 Å². The molecule has 0 bridgehead atoms. The highest BCUT2D eigenvalue weighted by Crippen LogP contribution is 2.11. The van der Waals surface area contributed by atoms with E-state index >= 15 is 0 Å². The second kappa shape index (κ2) is 6.55. The van der Waals surface area contributed by atoms with Crippen molar-refractivity contribution in [1.29, 1.82) is 0 Å². The molecule has 1 atom stereocenters. The van der Waals surface area contributed by atoms with E-state index < -0.39 is 5.60 Å². The fourth-order valence-electron chi connectivity index (χ4n) is 1.70. The van der Waals surface area contributed by atoms with Crippen molar-refractivity contribution in [3.8, 4) is 0 Å². The van der Waals surface area contributed by atoms with Gasteiger partial charge in [0.15, 0.2) is 0 Å². The summed E-state index contributed by atoms with van der Waals surface area (Å²) in [6.07, 6.45) is 1.97. The monoisotopic (exact) mass is 249 g/mol. The third-order valence-electron chi connectivity index (χ3n) is 2.50. The van der Waals surface area contributed by atoms with E-state index in [1.807, 2.05) is 39.0 Å². The number of esters is 1. The van der Waals surface area contributed by atoms with Crippen LogP contribution in [0.5, 0.6) is 0 Å². The van der Waals surface area contributed by atoms with Crippen LogP contribution in [0, 0.1) is 0 Å². The summed E-state index contributed by atoms with van der Waals surface area (Å²) in [7, 11) is 0. The topological polar surface area (TPSA) is 52.3 Å². The van der Waals surface area contributed by atoms with Crippen molar-refractivity contribution in [2.24, 2.45) is 5.73 Å². The van der Waals surface area contributed by atoms with E-state index in [1.54, 1.807) is 0 Å². The van der Waals surface area contributed by atoms with Crippen molar-refractivity contribution in [3.63, 3.8) is 0 Å². The molecule has 0 aromatic heterocycles. The molecule has 3 heteroatoms. The lowest BCUT2D eigenvalue weighted by molar-refractivity contribution is -0.155. The standard InChI is InChI=1S/C15H23NO2/c1-15(2,3)18-14(17)11-13(16)10-9-12-7-5-4-6-8-12/h4-8,13H,9-11,16H2,1-3H3. The number of benzene rings is 1. The van der Waals surface area contributed by atoms with E-state index in [1.165, 1.54) is 5.56 Å². The minimum absolute atomic E-state index is 0.139. The van der Waals surface area contributed by atoms with Gasteiger partial charge in [-0.2, -0.15) is 0 Å². The lowest BCUT2D eigenvalue weighted by Gasteiger charge is -2.20. The van der Waals surface area contributed by atoms with Crippen LogP contribution in [0.1, 0.15) is 39.2 Å². The summed E-state index contributed by atoms with van der Waals surface area (Å²) in [6, 6.07) is 10.0. The summed E-state index contributed by atoms with van der Waals surface area (Å²) >= 11 is 0. The van der Waals surface area contributed by atoms with Gasteiger partial charge in [-0.1, -0.05) is 30.3 Å². The predicted octanol–water partition coefficient (Wildman–Crippen LogP) is 2.68. The minimum atomic E-state index is -0.434. The molecule has 3 nitrogen and oxygen atoms in total. The molecule has 0 heterocycles. The number of carbonyl (C=O) groups is 1. The molecule has 0 spiro atoms. The third-order valence-corrected chi connectivity index (χ3v) is 2.50. The molecule has 1 rings (SSSR count). The molecule has 0 amide bonds. The molecule has 18 heavy (non-hydrogen) atoms. The van der Waals surface area contributed by atoms with Crippen molar-refractivity contribution < 1.29 is 9.53 Å². The lowest BCUT2D eigenvalue weighted by atomic mass is 10.0. The number of rotatable bonds is 5. The first-order chi connectivity index (χ1) is 8.37. The van der Waals surface area contributed by atoms with Crippen molar-refractivity contribution in [2.45, 2.75) is 51.7 Å². The van der Waals surface area contributed by atoms with Crippen LogP contribution in [0.25, 0.3) is 0 Å². The molecule has 1 aromatic rings. The van der Waals surface area contributed by atoms with Crippen LogP contribution in [0.15, 0.2) is 30.3 Å². The third kappa shape index (κ3) is 6.40. The van der Waals surface area contributed by atoms with Gasteiger partial charge in [0.1, 0.15) is 5.60 Å². The van der Waals surface area contributed by atoms with Crippen molar-refractivity contribution >= 4 is 5.97 Å². The van der Waals surface area contributed by atoms with Gasteiger partial charge in [-0.15, -0.1) is 0 Å². The number of nitrogens with two attached hydrogens (primary N) is 1. The molecule has 0 radical (unpaired) electrons.